The van der Waals surface area contributed by atoms with Gasteiger partial charge in [-0.15, -0.1) is 0 Å². The molecule has 7 nitrogen and oxygen atoms in total. The molecule has 182 valence electrons. The molecule has 5 aromatic heterocycles. The fourth-order valence-corrected chi connectivity index (χ4v) is 4.55. The third kappa shape index (κ3) is 4.52. The average Bonchev–Trinajstić information content (AvgIpc) is 3.56. The lowest BCUT2D eigenvalue weighted by atomic mass is 10.1. The summed E-state index contributed by atoms with van der Waals surface area (Å²) in [5, 5.41) is 1.19. The van der Waals surface area contributed by atoms with Crippen molar-refractivity contribution in [1.29, 1.82) is 0 Å². The molecular formula is C30H27N7. The van der Waals surface area contributed by atoms with Crippen molar-refractivity contribution in [3.05, 3.63) is 109 Å². The molecule has 0 radical (unpaired) electrons. The number of likely N-dealkylation sites (N-methyl/N-ethyl adjacent to an activating group) is 1. The molecule has 6 aromatic rings. The number of nitrogens with zero attached hydrogens (tertiary/aromatic N) is 7. The van der Waals surface area contributed by atoms with Crippen LogP contribution in [0.4, 0.5) is 0 Å². The Balaban J connectivity index is 1.41. The Morgan fingerprint density at radius 2 is 1.57 bits per heavy atom. The standard InChI is InChI=1S/C30H27N7/c1-35(2)18-14-23-20-36(30-26(23)8-6-17-33-30)24-12-10-22(11-13-24)29-34-28(27-9-3-4-16-32-27)21-37(29)25-7-5-15-31-19-25/h3-13,15-17,19-21H,14,18H2,1-2H3. The van der Waals surface area contributed by atoms with Gasteiger partial charge >= 0.3 is 0 Å². The first-order chi connectivity index (χ1) is 18.2. The lowest BCUT2D eigenvalue weighted by Gasteiger charge is -2.09. The third-order valence-corrected chi connectivity index (χ3v) is 6.44. The molecule has 0 aliphatic heterocycles. The van der Waals surface area contributed by atoms with Crippen LogP contribution in [0.1, 0.15) is 5.56 Å². The van der Waals surface area contributed by atoms with Crippen molar-refractivity contribution in [3.63, 3.8) is 0 Å². The minimum Gasteiger partial charge on any atom is -0.309 e. The number of hydrogen-bond donors (Lipinski definition) is 0. The van der Waals surface area contributed by atoms with Gasteiger partial charge in [-0.25, -0.2) is 9.97 Å². The van der Waals surface area contributed by atoms with Crippen molar-refractivity contribution in [1.82, 2.24) is 34.0 Å². The monoisotopic (exact) mass is 485 g/mol. The second kappa shape index (κ2) is 9.79. The van der Waals surface area contributed by atoms with Crippen molar-refractivity contribution in [2.45, 2.75) is 6.42 Å². The van der Waals surface area contributed by atoms with Crippen LogP contribution in [0.15, 0.2) is 104 Å². The summed E-state index contributed by atoms with van der Waals surface area (Å²) in [5.74, 6) is 0.836. The average molecular weight is 486 g/mol. The zero-order valence-electron chi connectivity index (χ0n) is 20.9. The van der Waals surface area contributed by atoms with Gasteiger partial charge in [0.05, 0.1) is 17.6 Å². The summed E-state index contributed by atoms with van der Waals surface area (Å²) in [5.41, 5.74) is 6.93. The first kappa shape index (κ1) is 22.8. The van der Waals surface area contributed by atoms with Gasteiger partial charge in [-0.3, -0.25) is 14.5 Å². The van der Waals surface area contributed by atoms with Crippen molar-refractivity contribution in [3.8, 4) is 34.2 Å². The first-order valence-electron chi connectivity index (χ1n) is 12.3. The van der Waals surface area contributed by atoms with Gasteiger partial charge in [0.2, 0.25) is 0 Å². The van der Waals surface area contributed by atoms with E-state index in [9.17, 15) is 0 Å². The summed E-state index contributed by atoms with van der Waals surface area (Å²) < 4.78 is 4.25. The van der Waals surface area contributed by atoms with E-state index in [0.29, 0.717) is 0 Å². The Morgan fingerprint density at radius 1 is 0.730 bits per heavy atom. The SMILES string of the molecule is CN(C)CCc1cn(-c2ccc(-c3nc(-c4ccccn4)cn3-c3cccnc3)cc2)c2ncccc12. The number of benzene rings is 1. The highest BCUT2D eigenvalue weighted by Crippen LogP contribution is 2.29. The van der Waals surface area contributed by atoms with Gasteiger partial charge in [-0.2, -0.15) is 0 Å². The summed E-state index contributed by atoms with van der Waals surface area (Å²) in [4.78, 5) is 20.7. The molecule has 0 bridgehead atoms. The highest BCUT2D eigenvalue weighted by atomic mass is 15.1. The smallest absolute Gasteiger partial charge is 0.145 e. The summed E-state index contributed by atoms with van der Waals surface area (Å²) in [6.45, 7) is 0.989. The Hall–Kier alpha value is -4.62. The highest BCUT2D eigenvalue weighted by molar-refractivity contribution is 5.82. The minimum absolute atomic E-state index is 0.815. The van der Waals surface area contributed by atoms with Crippen molar-refractivity contribution in [2.24, 2.45) is 0 Å². The molecule has 0 fully saturated rings. The van der Waals surface area contributed by atoms with E-state index in [-0.39, 0.29) is 0 Å². The Morgan fingerprint density at radius 3 is 2.32 bits per heavy atom. The van der Waals surface area contributed by atoms with Crippen LogP contribution in [-0.2, 0) is 6.42 Å². The summed E-state index contributed by atoms with van der Waals surface area (Å²) in [7, 11) is 4.20. The number of imidazole rings is 1. The van der Waals surface area contributed by atoms with E-state index in [1.807, 2.05) is 55.0 Å². The van der Waals surface area contributed by atoms with Crippen LogP contribution >= 0.6 is 0 Å². The van der Waals surface area contributed by atoms with Crippen molar-refractivity contribution >= 4 is 11.0 Å². The molecule has 0 amide bonds. The van der Waals surface area contributed by atoms with Gasteiger partial charge < -0.3 is 9.47 Å². The molecule has 0 spiro atoms. The van der Waals surface area contributed by atoms with E-state index in [1.165, 1.54) is 10.9 Å². The van der Waals surface area contributed by atoms with E-state index in [0.717, 1.165) is 52.8 Å². The Kier molecular flexibility index (Phi) is 6.04. The zero-order valence-corrected chi connectivity index (χ0v) is 20.9. The first-order valence-corrected chi connectivity index (χ1v) is 12.3. The van der Waals surface area contributed by atoms with E-state index in [1.54, 1.807) is 12.4 Å². The number of fused-ring (bicyclic) bond motifs is 1. The predicted octanol–water partition coefficient (Wildman–Crippen LogP) is 5.44. The summed E-state index contributed by atoms with van der Waals surface area (Å²) >= 11 is 0. The summed E-state index contributed by atoms with van der Waals surface area (Å²) in [6, 6.07) is 22.5. The molecule has 6 rings (SSSR count). The topological polar surface area (TPSA) is 64.7 Å². The van der Waals surface area contributed by atoms with Gasteiger partial charge in [0.15, 0.2) is 0 Å². The second-order valence-corrected chi connectivity index (χ2v) is 9.25. The normalized spacial score (nSPS) is 11.4. The Labute approximate surface area is 215 Å². The van der Waals surface area contributed by atoms with E-state index >= 15 is 0 Å². The molecule has 0 aliphatic carbocycles. The molecule has 0 N–H and O–H groups in total. The fourth-order valence-electron chi connectivity index (χ4n) is 4.55. The molecular weight excluding hydrogens is 458 g/mol. The predicted molar refractivity (Wildman–Crippen MR) is 147 cm³/mol. The molecule has 37 heavy (non-hydrogen) atoms. The Bertz CT molecular complexity index is 1630. The van der Waals surface area contributed by atoms with Gasteiger partial charge in [-0.05, 0) is 86.7 Å². The fraction of sp³-hybridized carbons (Fsp3) is 0.133. The van der Waals surface area contributed by atoms with Crippen LogP contribution in [0, 0.1) is 0 Å². The van der Waals surface area contributed by atoms with Crippen molar-refractivity contribution < 1.29 is 0 Å². The molecule has 5 heterocycles. The quantitative estimate of drug-likeness (QED) is 0.301. The third-order valence-electron chi connectivity index (χ3n) is 6.44. The summed E-state index contributed by atoms with van der Waals surface area (Å²) in [6.07, 6.45) is 12.5. The van der Waals surface area contributed by atoms with Gasteiger partial charge in [0.1, 0.15) is 17.2 Å². The van der Waals surface area contributed by atoms with Crippen LogP contribution in [-0.4, -0.2) is 54.6 Å². The molecule has 0 aliphatic rings. The van der Waals surface area contributed by atoms with E-state index in [4.69, 9.17) is 9.97 Å². The van der Waals surface area contributed by atoms with Crippen LogP contribution in [0.25, 0.3) is 45.2 Å². The maximum absolute atomic E-state index is 4.97. The van der Waals surface area contributed by atoms with Crippen LogP contribution in [0.5, 0.6) is 0 Å². The zero-order chi connectivity index (χ0) is 25.2. The van der Waals surface area contributed by atoms with Crippen LogP contribution in [0.2, 0.25) is 0 Å². The second-order valence-electron chi connectivity index (χ2n) is 9.25. The molecule has 1 aromatic carbocycles. The molecule has 0 atom stereocenters. The number of hydrogen-bond acceptors (Lipinski definition) is 5. The number of aromatic nitrogens is 6. The lowest BCUT2D eigenvalue weighted by molar-refractivity contribution is 0.414. The van der Waals surface area contributed by atoms with Gasteiger partial charge in [0, 0.05) is 54.2 Å². The van der Waals surface area contributed by atoms with E-state index < -0.39 is 0 Å². The minimum atomic E-state index is 0.815. The van der Waals surface area contributed by atoms with Gasteiger partial charge in [0.25, 0.3) is 0 Å². The maximum Gasteiger partial charge on any atom is 0.145 e. The molecule has 7 heteroatoms. The molecule has 0 unspecified atom stereocenters. The lowest BCUT2D eigenvalue weighted by Crippen LogP contribution is -2.14. The van der Waals surface area contributed by atoms with Crippen LogP contribution in [0.3, 0.4) is 0 Å². The van der Waals surface area contributed by atoms with Gasteiger partial charge in [-0.1, -0.05) is 6.07 Å². The largest absolute Gasteiger partial charge is 0.309 e. The maximum atomic E-state index is 4.97. The van der Waals surface area contributed by atoms with Crippen LogP contribution < -0.4 is 0 Å². The molecule has 0 saturated heterocycles. The number of pyridine rings is 3. The highest BCUT2D eigenvalue weighted by Gasteiger charge is 2.15. The number of rotatable bonds is 7. The molecule has 0 saturated carbocycles. The van der Waals surface area contributed by atoms with Crippen molar-refractivity contribution in [2.75, 3.05) is 20.6 Å². The van der Waals surface area contributed by atoms with E-state index in [2.05, 4.69) is 74.6 Å².